The van der Waals surface area contributed by atoms with Gasteiger partial charge in [-0.25, -0.2) is 13.2 Å². The molecule has 1 unspecified atom stereocenters. The third kappa shape index (κ3) is 6.18. The number of hydrogen-bond acceptors (Lipinski definition) is 6. The van der Waals surface area contributed by atoms with Gasteiger partial charge in [-0.05, 0) is 63.5 Å². The van der Waals surface area contributed by atoms with Crippen molar-refractivity contribution in [2.45, 2.75) is 70.6 Å². The first kappa shape index (κ1) is 26.2. The summed E-state index contributed by atoms with van der Waals surface area (Å²) in [7, 11) is -2.44. The van der Waals surface area contributed by atoms with Crippen molar-refractivity contribution in [1.82, 2.24) is 14.2 Å². The minimum atomic E-state index is -3.93. The summed E-state index contributed by atoms with van der Waals surface area (Å²) in [5.41, 5.74) is -0.617. The van der Waals surface area contributed by atoms with Crippen LogP contribution in [0.15, 0.2) is 35.4 Å². The van der Waals surface area contributed by atoms with Crippen molar-refractivity contribution in [2.75, 3.05) is 26.7 Å². The second kappa shape index (κ2) is 10.5. The molecule has 2 aromatic rings. The smallest absolute Gasteiger partial charge is 0.410 e. The van der Waals surface area contributed by atoms with Gasteiger partial charge in [-0.1, -0.05) is 32.0 Å². The molecule has 188 valence electrons. The van der Waals surface area contributed by atoms with Gasteiger partial charge >= 0.3 is 6.09 Å². The van der Waals surface area contributed by atoms with Gasteiger partial charge in [0.15, 0.2) is 5.03 Å². The number of pyridine rings is 1. The van der Waals surface area contributed by atoms with Crippen molar-refractivity contribution in [3.8, 4) is 5.88 Å². The van der Waals surface area contributed by atoms with Gasteiger partial charge in [-0.2, -0.15) is 9.29 Å². The molecule has 1 saturated heterocycles. The maximum Gasteiger partial charge on any atom is 0.410 e. The van der Waals surface area contributed by atoms with Crippen LogP contribution in [0.3, 0.4) is 0 Å². The van der Waals surface area contributed by atoms with Gasteiger partial charge in [-0.15, -0.1) is 0 Å². The van der Waals surface area contributed by atoms with Gasteiger partial charge in [0, 0.05) is 31.1 Å². The average Bonchev–Trinajstić information content (AvgIpc) is 2.99. The molecule has 2 heterocycles. The third-order valence-electron chi connectivity index (χ3n) is 5.82. The Morgan fingerprint density at radius 2 is 1.91 bits per heavy atom. The van der Waals surface area contributed by atoms with E-state index in [1.54, 1.807) is 11.0 Å². The molecule has 1 aromatic carbocycles. The highest BCUT2D eigenvalue weighted by atomic mass is 32.2. The number of hydrogen-bond donors (Lipinski definition) is 0. The molecule has 34 heavy (non-hydrogen) atoms. The molecule has 0 N–H and O–H groups in total. The van der Waals surface area contributed by atoms with Crippen molar-refractivity contribution < 1.29 is 22.7 Å². The lowest BCUT2D eigenvalue weighted by Crippen LogP contribution is -2.46. The van der Waals surface area contributed by atoms with Crippen molar-refractivity contribution in [3.63, 3.8) is 0 Å². The van der Waals surface area contributed by atoms with Crippen LogP contribution < -0.4 is 4.74 Å². The Hall–Kier alpha value is -2.39. The summed E-state index contributed by atoms with van der Waals surface area (Å²) in [6, 6.07) is 8.65. The number of aromatic nitrogens is 1. The first-order valence-electron chi connectivity index (χ1n) is 11.9. The number of carbonyl (C=O) groups is 1. The number of amides is 1. The van der Waals surface area contributed by atoms with Gasteiger partial charge in [-0.3, -0.25) is 0 Å². The zero-order chi connectivity index (χ0) is 25.1. The summed E-state index contributed by atoms with van der Waals surface area (Å²) in [5, 5.41) is 1.47. The predicted molar refractivity (Wildman–Crippen MR) is 132 cm³/mol. The normalized spacial score (nSPS) is 18.2. The third-order valence-corrected chi connectivity index (χ3v) is 7.66. The number of sulfonamides is 1. The lowest BCUT2D eigenvalue weighted by Gasteiger charge is -2.32. The monoisotopic (exact) mass is 491 g/mol. The number of carbonyl (C=O) groups excluding carboxylic acids is 1. The Bertz CT molecular complexity index is 1110. The minimum Gasteiger partial charge on any atom is -0.481 e. The minimum absolute atomic E-state index is 0.0386. The molecule has 1 aliphatic rings. The quantitative estimate of drug-likeness (QED) is 0.583. The van der Waals surface area contributed by atoms with Crippen LogP contribution in [0.5, 0.6) is 5.88 Å². The molecular formula is C25H37N3O5S. The van der Waals surface area contributed by atoms with Crippen LogP contribution in [0, 0.1) is 5.92 Å². The number of fused-ring (bicyclic) bond motifs is 1. The van der Waals surface area contributed by atoms with E-state index in [0.29, 0.717) is 31.8 Å². The summed E-state index contributed by atoms with van der Waals surface area (Å²) in [6.07, 6.45) is 1.59. The van der Waals surface area contributed by atoms with Crippen LogP contribution in [0.4, 0.5) is 4.79 Å². The standard InChI is InChI=1S/C25H37N3O5S/c1-18(2)12-13-20-17-27(24(29)33-25(3,4)5)14-9-15-28(20)34(30,31)22-16-19-10-7-8-11-21(19)23(26-22)32-6/h7-8,10-11,16,18,20H,9,12-15,17H2,1-6H3. The topological polar surface area (TPSA) is 89.0 Å². The molecule has 0 saturated carbocycles. The number of benzene rings is 1. The van der Waals surface area contributed by atoms with E-state index >= 15 is 0 Å². The fraction of sp³-hybridized carbons (Fsp3) is 0.600. The maximum atomic E-state index is 13.9. The van der Waals surface area contributed by atoms with Gasteiger partial charge in [0.05, 0.1) is 7.11 Å². The van der Waals surface area contributed by atoms with Crippen molar-refractivity contribution in [3.05, 3.63) is 30.3 Å². The van der Waals surface area contributed by atoms with E-state index in [9.17, 15) is 13.2 Å². The van der Waals surface area contributed by atoms with Gasteiger partial charge in [0.1, 0.15) is 5.60 Å². The molecule has 1 fully saturated rings. The average molecular weight is 492 g/mol. The Balaban J connectivity index is 1.98. The van der Waals surface area contributed by atoms with E-state index in [1.807, 2.05) is 45.0 Å². The zero-order valence-corrected chi connectivity index (χ0v) is 21.9. The van der Waals surface area contributed by atoms with Crippen LogP contribution in [0.2, 0.25) is 0 Å². The second-order valence-electron chi connectivity index (χ2n) is 10.2. The Morgan fingerprint density at radius 1 is 1.21 bits per heavy atom. The van der Waals surface area contributed by atoms with Crippen LogP contribution >= 0.6 is 0 Å². The molecule has 3 rings (SSSR count). The molecule has 0 spiro atoms. The predicted octanol–water partition coefficient (Wildman–Crippen LogP) is 4.68. The fourth-order valence-electron chi connectivity index (χ4n) is 4.16. The number of methoxy groups -OCH3 is 1. The molecule has 0 aliphatic carbocycles. The highest BCUT2D eigenvalue weighted by molar-refractivity contribution is 7.89. The summed E-state index contributed by atoms with van der Waals surface area (Å²) >= 11 is 0. The van der Waals surface area contributed by atoms with Crippen molar-refractivity contribution in [2.24, 2.45) is 5.92 Å². The number of ether oxygens (including phenoxy) is 2. The summed E-state index contributed by atoms with van der Waals surface area (Å²) in [4.78, 5) is 18.8. The Kier molecular flexibility index (Phi) is 8.08. The van der Waals surface area contributed by atoms with E-state index in [4.69, 9.17) is 9.47 Å². The van der Waals surface area contributed by atoms with Crippen LogP contribution in [0.25, 0.3) is 10.8 Å². The van der Waals surface area contributed by atoms with E-state index < -0.39 is 21.7 Å². The van der Waals surface area contributed by atoms with Gasteiger partial charge in [0.25, 0.3) is 10.0 Å². The molecule has 0 bridgehead atoms. The molecule has 9 heteroatoms. The molecule has 1 amide bonds. The first-order chi connectivity index (χ1) is 15.9. The molecule has 1 aliphatic heterocycles. The summed E-state index contributed by atoms with van der Waals surface area (Å²) in [6.45, 7) is 10.7. The number of nitrogens with zero attached hydrogens (tertiary/aromatic N) is 3. The SMILES string of the molecule is COc1nc(S(=O)(=O)N2CCCN(C(=O)OC(C)(C)C)CC2CCC(C)C)cc2ccccc12. The zero-order valence-electron chi connectivity index (χ0n) is 21.1. The van der Waals surface area contributed by atoms with Gasteiger partial charge < -0.3 is 14.4 Å². The molecule has 8 nitrogen and oxygen atoms in total. The molecule has 1 atom stereocenters. The second-order valence-corrected chi connectivity index (χ2v) is 12.0. The van der Waals surface area contributed by atoms with Crippen LogP contribution in [-0.4, -0.2) is 67.1 Å². The Labute approximate surface area is 203 Å². The van der Waals surface area contributed by atoms with Gasteiger partial charge in [0.2, 0.25) is 5.88 Å². The lowest BCUT2D eigenvalue weighted by atomic mass is 10.0. The van der Waals surface area contributed by atoms with E-state index in [0.717, 1.165) is 17.2 Å². The summed E-state index contributed by atoms with van der Waals surface area (Å²) < 4.78 is 40.3. The number of rotatable bonds is 6. The largest absolute Gasteiger partial charge is 0.481 e. The molecule has 0 radical (unpaired) electrons. The fourth-order valence-corrected chi connectivity index (χ4v) is 5.81. The molecule has 1 aromatic heterocycles. The van der Waals surface area contributed by atoms with E-state index in [1.165, 1.54) is 11.4 Å². The van der Waals surface area contributed by atoms with Crippen molar-refractivity contribution in [1.29, 1.82) is 0 Å². The lowest BCUT2D eigenvalue weighted by molar-refractivity contribution is 0.0237. The summed E-state index contributed by atoms with van der Waals surface area (Å²) in [5.74, 6) is 0.683. The van der Waals surface area contributed by atoms with E-state index in [2.05, 4.69) is 18.8 Å². The highest BCUT2D eigenvalue weighted by Gasteiger charge is 2.37. The van der Waals surface area contributed by atoms with E-state index in [-0.39, 0.29) is 23.5 Å². The first-order valence-corrected chi connectivity index (χ1v) is 13.3. The maximum absolute atomic E-state index is 13.9. The van der Waals surface area contributed by atoms with Crippen LogP contribution in [0.1, 0.15) is 53.9 Å². The van der Waals surface area contributed by atoms with Crippen LogP contribution in [-0.2, 0) is 14.8 Å². The highest BCUT2D eigenvalue weighted by Crippen LogP contribution is 2.30. The molecular weight excluding hydrogens is 454 g/mol. The van der Waals surface area contributed by atoms with Crippen molar-refractivity contribution >= 4 is 26.9 Å². The Morgan fingerprint density at radius 3 is 2.56 bits per heavy atom.